The molecule has 0 unspecified atom stereocenters. The van der Waals surface area contributed by atoms with E-state index in [0.717, 1.165) is 50.2 Å². The third kappa shape index (κ3) is 4.83. The van der Waals surface area contributed by atoms with Crippen LogP contribution in [0.5, 0.6) is 0 Å². The molecule has 7 nitrogen and oxygen atoms in total. The van der Waals surface area contributed by atoms with Crippen LogP contribution in [-0.2, 0) is 4.79 Å². The lowest BCUT2D eigenvalue weighted by molar-refractivity contribution is -0.125. The molecule has 1 N–H and O–H groups in total. The van der Waals surface area contributed by atoms with Crippen molar-refractivity contribution in [2.75, 3.05) is 37.6 Å². The number of hydrogen-bond donors (Lipinski definition) is 1. The number of carbonyl (C=O) groups excluding carboxylic acids is 1. The van der Waals surface area contributed by atoms with E-state index in [1.54, 1.807) is 12.4 Å². The van der Waals surface area contributed by atoms with Crippen molar-refractivity contribution >= 4 is 22.8 Å². The van der Waals surface area contributed by atoms with Gasteiger partial charge in [0.15, 0.2) is 5.65 Å². The maximum Gasteiger partial charge on any atom is 0.224 e. The summed E-state index contributed by atoms with van der Waals surface area (Å²) in [5.41, 5.74) is 2.48. The van der Waals surface area contributed by atoms with Crippen LogP contribution in [0.4, 0.5) is 5.69 Å². The minimum atomic E-state index is 0.0321. The monoisotopic (exact) mass is 396 g/mol. The smallest absolute Gasteiger partial charge is 0.224 e. The molecule has 7 heteroatoms. The largest absolute Gasteiger partial charge is 0.369 e. The molecular weight excluding hydrogens is 364 g/mol. The van der Waals surface area contributed by atoms with Crippen LogP contribution in [-0.4, -0.2) is 64.5 Å². The minimum Gasteiger partial charge on any atom is -0.369 e. The normalized spacial score (nSPS) is 23.3. The molecule has 0 aliphatic carbocycles. The van der Waals surface area contributed by atoms with Crippen molar-refractivity contribution in [3.05, 3.63) is 24.7 Å². The molecule has 2 aromatic heterocycles. The van der Waals surface area contributed by atoms with E-state index in [1.165, 1.54) is 32.2 Å². The Bertz CT molecular complexity index is 828. The summed E-state index contributed by atoms with van der Waals surface area (Å²) in [6, 6.07) is 2.71. The number of piperidine rings is 2. The van der Waals surface area contributed by atoms with Gasteiger partial charge in [-0.25, -0.2) is 9.97 Å². The van der Waals surface area contributed by atoms with Crippen LogP contribution in [0.3, 0.4) is 0 Å². The van der Waals surface area contributed by atoms with Crippen molar-refractivity contribution < 1.29 is 4.79 Å². The van der Waals surface area contributed by atoms with Gasteiger partial charge in [-0.15, -0.1) is 0 Å². The van der Waals surface area contributed by atoms with Crippen molar-refractivity contribution in [1.82, 2.24) is 25.2 Å². The summed E-state index contributed by atoms with van der Waals surface area (Å²) < 4.78 is 0. The average molecular weight is 397 g/mol. The van der Waals surface area contributed by atoms with Crippen LogP contribution in [0.1, 0.15) is 45.4 Å². The van der Waals surface area contributed by atoms with E-state index < -0.39 is 0 Å². The number of fused-ring (bicyclic) bond motifs is 1. The van der Waals surface area contributed by atoms with E-state index in [2.05, 4.69) is 37.0 Å². The number of anilines is 1. The Hall–Kier alpha value is -2.28. The first-order valence-electron chi connectivity index (χ1n) is 11.1. The van der Waals surface area contributed by atoms with Crippen LogP contribution < -0.4 is 10.2 Å². The van der Waals surface area contributed by atoms with Crippen molar-refractivity contribution in [1.29, 1.82) is 0 Å². The van der Waals surface area contributed by atoms with Gasteiger partial charge in [-0.1, -0.05) is 13.3 Å². The van der Waals surface area contributed by atoms with Gasteiger partial charge >= 0.3 is 0 Å². The van der Waals surface area contributed by atoms with Gasteiger partial charge in [0, 0.05) is 44.6 Å². The number of pyridine rings is 1. The Kier molecular flexibility index (Phi) is 6.54. The van der Waals surface area contributed by atoms with Crippen LogP contribution in [0, 0.1) is 5.92 Å². The second-order valence-corrected chi connectivity index (χ2v) is 8.26. The summed E-state index contributed by atoms with van der Waals surface area (Å²) in [7, 11) is 0. The van der Waals surface area contributed by atoms with E-state index in [1.807, 2.05) is 12.3 Å². The predicted octanol–water partition coefficient (Wildman–Crippen LogP) is 2.62. The highest BCUT2D eigenvalue weighted by Gasteiger charge is 2.27. The number of nitrogens with one attached hydrogen (secondary N) is 1. The summed E-state index contributed by atoms with van der Waals surface area (Å²) in [5, 5.41) is 3.20. The van der Waals surface area contributed by atoms with Crippen molar-refractivity contribution in [3.63, 3.8) is 0 Å². The van der Waals surface area contributed by atoms with Gasteiger partial charge in [0.25, 0.3) is 0 Å². The quantitative estimate of drug-likeness (QED) is 0.809. The molecule has 0 aromatic carbocycles. The van der Waals surface area contributed by atoms with E-state index in [4.69, 9.17) is 0 Å². The summed E-state index contributed by atoms with van der Waals surface area (Å²) >= 11 is 0. The molecule has 2 aliphatic rings. The standard InChI is InChI=1S/C22H32N6O/c1-2-18-7-3-4-11-27(18)13-10-25-22(29)17-6-5-12-28(16-17)19-14-20-21(26-15-19)24-9-8-23-20/h8-9,14-15,17-18H,2-7,10-13,16H2,1H3,(H,25,29)/t17-,18-/m0/s1. The first-order chi connectivity index (χ1) is 14.2. The van der Waals surface area contributed by atoms with Gasteiger partial charge in [0.2, 0.25) is 5.91 Å². The fraction of sp³-hybridized carbons (Fsp3) is 0.636. The predicted molar refractivity (Wildman–Crippen MR) is 115 cm³/mol. The number of likely N-dealkylation sites (tertiary alicyclic amines) is 1. The molecule has 1 amide bonds. The van der Waals surface area contributed by atoms with E-state index in [-0.39, 0.29) is 11.8 Å². The summed E-state index contributed by atoms with van der Waals surface area (Å²) in [6.07, 6.45) is 12.3. The highest BCUT2D eigenvalue weighted by atomic mass is 16.1. The highest BCUT2D eigenvalue weighted by molar-refractivity contribution is 5.80. The van der Waals surface area contributed by atoms with Gasteiger partial charge in [0.05, 0.1) is 17.8 Å². The number of hydrogen-bond acceptors (Lipinski definition) is 6. The molecule has 0 saturated carbocycles. The van der Waals surface area contributed by atoms with E-state index in [9.17, 15) is 4.79 Å². The van der Waals surface area contributed by atoms with Gasteiger partial charge in [-0.3, -0.25) is 14.7 Å². The highest BCUT2D eigenvalue weighted by Crippen LogP contribution is 2.24. The van der Waals surface area contributed by atoms with Crippen LogP contribution in [0.2, 0.25) is 0 Å². The molecule has 2 aromatic rings. The van der Waals surface area contributed by atoms with Gasteiger partial charge in [-0.05, 0) is 44.7 Å². The zero-order valence-electron chi connectivity index (χ0n) is 17.4. The number of nitrogens with zero attached hydrogens (tertiary/aromatic N) is 5. The summed E-state index contributed by atoms with van der Waals surface area (Å²) in [4.78, 5) is 30.6. The Morgan fingerprint density at radius 1 is 1.14 bits per heavy atom. The zero-order valence-corrected chi connectivity index (χ0v) is 17.4. The minimum absolute atomic E-state index is 0.0321. The molecule has 2 aliphatic heterocycles. The van der Waals surface area contributed by atoms with E-state index in [0.29, 0.717) is 11.7 Å². The molecule has 2 atom stereocenters. The van der Waals surface area contributed by atoms with Crippen LogP contribution in [0.15, 0.2) is 24.7 Å². The lowest BCUT2D eigenvalue weighted by Gasteiger charge is -2.36. The number of carbonyl (C=O) groups is 1. The lowest BCUT2D eigenvalue weighted by atomic mass is 9.96. The second-order valence-electron chi connectivity index (χ2n) is 8.26. The fourth-order valence-corrected chi connectivity index (χ4v) is 4.73. The maximum absolute atomic E-state index is 12.8. The molecule has 4 heterocycles. The van der Waals surface area contributed by atoms with Crippen molar-refractivity contribution in [2.24, 2.45) is 5.92 Å². The first-order valence-corrected chi connectivity index (χ1v) is 11.1. The van der Waals surface area contributed by atoms with Crippen LogP contribution >= 0.6 is 0 Å². The third-order valence-corrected chi connectivity index (χ3v) is 6.39. The van der Waals surface area contributed by atoms with Gasteiger partial charge in [-0.2, -0.15) is 0 Å². The molecule has 4 rings (SSSR count). The average Bonchev–Trinajstić information content (AvgIpc) is 2.79. The fourth-order valence-electron chi connectivity index (χ4n) is 4.73. The summed E-state index contributed by atoms with van der Waals surface area (Å²) in [5.74, 6) is 0.220. The Labute approximate surface area is 172 Å². The lowest BCUT2D eigenvalue weighted by Crippen LogP contribution is -2.47. The van der Waals surface area contributed by atoms with Crippen molar-refractivity contribution in [2.45, 2.75) is 51.5 Å². The Balaban J connectivity index is 1.31. The molecule has 29 heavy (non-hydrogen) atoms. The second kappa shape index (κ2) is 9.48. The molecule has 2 fully saturated rings. The van der Waals surface area contributed by atoms with E-state index >= 15 is 0 Å². The van der Waals surface area contributed by atoms with Gasteiger partial charge in [0.1, 0.15) is 5.52 Å². The molecule has 2 saturated heterocycles. The topological polar surface area (TPSA) is 74.2 Å². The Morgan fingerprint density at radius 3 is 2.93 bits per heavy atom. The first kappa shape index (κ1) is 20.0. The zero-order chi connectivity index (χ0) is 20.1. The molecular formula is C22H32N6O. The van der Waals surface area contributed by atoms with Crippen LogP contribution in [0.25, 0.3) is 11.2 Å². The molecule has 0 radical (unpaired) electrons. The molecule has 0 bridgehead atoms. The number of aromatic nitrogens is 3. The number of rotatable bonds is 6. The summed E-state index contributed by atoms with van der Waals surface area (Å²) in [6.45, 7) is 6.84. The molecule has 0 spiro atoms. The maximum atomic E-state index is 12.8. The Morgan fingerprint density at radius 2 is 2.03 bits per heavy atom. The SMILES string of the molecule is CC[C@H]1CCCCN1CCNC(=O)[C@H]1CCCN(c2cnc3nccnc3c2)C1. The van der Waals surface area contributed by atoms with Crippen molar-refractivity contribution in [3.8, 4) is 0 Å². The van der Waals surface area contributed by atoms with Gasteiger partial charge < -0.3 is 10.2 Å². The molecule has 156 valence electrons. The number of amides is 1. The third-order valence-electron chi connectivity index (χ3n) is 6.39.